The Hall–Kier alpha value is -2.19. The van der Waals surface area contributed by atoms with Crippen LogP contribution in [0.5, 0.6) is 0 Å². The molecule has 0 fully saturated rings. The molecule has 0 unspecified atom stereocenters. The first kappa shape index (κ1) is 14.9. The van der Waals surface area contributed by atoms with Crippen LogP contribution in [-0.2, 0) is 0 Å². The zero-order chi connectivity index (χ0) is 17.5. The second-order valence-corrected chi connectivity index (χ2v) is 14.3. The van der Waals surface area contributed by atoms with E-state index in [2.05, 4.69) is 79.8 Å². The van der Waals surface area contributed by atoms with Crippen LogP contribution in [0.1, 0.15) is 0 Å². The first-order valence-corrected chi connectivity index (χ1v) is 13.7. The van der Waals surface area contributed by atoms with Gasteiger partial charge in [-0.05, 0) is 0 Å². The summed E-state index contributed by atoms with van der Waals surface area (Å²) in [5.41, 5.74) is 3.66. The summed E-state index contributed by atoms with van der Waals surface area (Å²) in [6.07, 6.45) is 0. The van der Waals surface area contributed by atoms with E-state index in [1.54, 1.807) is 9.45 Å². The fraction of sp³-hybridized carbons (Fsp3) is 0.0870. The monoisotopic (exact) mass is 415 g/mol. The Kier molecular flexibility index (Phi) is 2.84. The van der Waals surface area contributed by atoms with E-state index in [0.717, 1.165) is 5.52 Å². The first-order valence-electron chi connectivity index (χ1n) is 9.00. The molecule has 0 saturated carbocycles. The zero-order valence-corrected chi connectivity index (χ0v) is 17.4. The van der Waals surface area contributed by atoms with E-state index in [4.69, 9.17) is 4.98 Å². The van der Waals surface area contributed by atoms with Gasteiger partial charge in [-0.25, -0.2) is 0 Å². The third-order valence-corrected chi connectivity index (χ3v) is 11.7. The zero-order valence-electron chi connectivity index (χ0n) is 14.7. The number of hydrogen-bond donors (Lipinski definition) is 0. The SMILES string of the molecule is C[Si]1(C)c2cc3ccccc3nc2-c2cccc3[se]c4cccc1c4c23. The van der Waals surface area contributed by atoms with Gasteiger partial charge in [0.05, 0.1) is 0 Å². The van der Waals surface area contributed by atoms with Gasteiger partial charge in [-0.1, -0.05) is 0 Å². The summed E-state index contributed by atoms with van der Waals surface area (Å²) >= 11 is 0.412. The van der Waals surface area contributed by atoms with Gasteiger partial charge in [0.15, 0.2) is 0 Å². The summed E-state index contributed by atoms with van der Waals surface area (Å²) in [7, 11) is -1.85. The summed E-state index contributed by atoms with van der Waals surface area (Å²) in [5.74, 6) is 0. The van der Waals surface area contributed by atoms with E-state index in [0.29, 0.717) is 14.5 Å². The number of hydrogen-bond acceptors (Lipinski definition) is 1. The Morgan fingerprint density at radius 3 is 2.42 bits per heavy atom. The number of pyridine rings is 1. The van der Waals surface area contributed by atoms with E-state index in [1.165, 1.54) is 36.9 Å². The van der Waals surface area contributed by atoms with Gasteiger partial charge in [0.25, 0.3) is 0 Å². The molecule has 0 saturated heterocycles. The Balaban J connectivity index is 1.92. The number of fused-ring (bicyclic) bond motifs is 3. The molecule has 0 radical (unpaired) electrons. The van der Waals surface area contributed by atoms with Crippen LogP contribution in [0.4, 0.5) is 0 Å². The molecule has 0 amide bonds. The van der Waals surface area contributed by atoms with Crippen molar-refractivity contribution in [1.82, 2.24) is 4.98 Å². The van der Waals surface area contributed by atoms with Crippen molar-refractivity contribution in [3.8, 4) is 11.3 Å². The van der Waals surface area contributed by atoms with Crippen LogP contribution in [0.2, 0.25) is 13.1 Å². The average molecular weight is 414 g/mol. The summed E-state index contributed by atoms with van der Waals surface area (Å²) in [6, 6.07) is 24.8. The van der Waals surface area contributed by atoms with Crippen molar-refractivity contribution >= 4 is 63.1 Å². The minimum absolute atomic E-state index is 0.412. The Morgan fingerprint density at radius 1 is 0.769 bits per heavy atom. The van der Waals surface area contributed by atoms with Gasteiger partial charge in [0.1, 0.15) is 0 Å². The fourth-order valence-electron chi connectivity index (χ4n) is 4.53. The van der Waals surface area contributed by atoms with Crippen molar-refractivity contribution < 1.29 is 0 Å². The van der Waals surface area contributed by atoms with Crippen molar-refractivity contribution in [2.75, 3.05) is 0 Å². The van der Waals surface area contributed by atoms with Gasteiger partial charge >= 0.3 is 159 Å². The first-order chi connectivity index (χ1) is 12.6. The Bertz CT molecular complexity index is 1360. The molecular weight excluding hydrogens is 397 g/mol. The van der Waals surface area contributed by atoms with Crippen LogP contribution in [0, 0.1) is 0 Å². The molecule has 1 aliphatic rings. The predicted molar refractivity (Wildman–Crippen MR) is 116 cm³/mol. The molecule has 1 aliphatic heterocycles. The number of benzene rings is 3. The van der Waals surface area contributed by atoms with Gasteiger partial charge in [-0.15, -0.1) is 0 Å². The molecule has 1 nitrogen and oxygen atoms in total. The second kappa shape index (κ2) is 4.95. The molecule has 0 bridgehead atoms. The van der Waals surface area contributed by atoms with E-state index >= 15 is 0 Å². The molecule has 0 aliphatic carbocycles. The number of rotatable bonds is 0. The average Bonchev–Trinajstić information content (AvgIpc) is 3.02. The van der Waals surface area contributed by atoms with Crippen molar-refractivity contribution in [2.45, 2.75) is 13.1 Å². The normalized spacial score (nSPS) is 14.8. The number of para-hydroxylation sites is 1. The van der Waals surface area contributed by atoms with Crippen molar-refractivity contribution in [1.29, 1.82) is 0 Å². The van der Waals surface area contributed by atoms with Crippen LogP contribution in [0.3, 0.4) is 0 Å². The van der Waals surface area contributed by atoms with Gasteiger partial charge < -0.3 is 0 Å². The maximum absolute atomic E-state index is 5.20. The summed E-state index contributed by atoms with van der Waals surface area (Å²) < 4.78 is 3.07. The molecule has 3 heteroatoms. The standard InChI is InChI=1S/C23H17NSeSi/c1-26(2)19-12-6-11-18-22(19)21-15(8-5-10-17(21)25-18)23-20(26)13-14-7-3-4-9-16(14)24-23/h3-13H,1-2H3. The molecule has 0 N–H and O–H groups in total. The number of nitrogens with zero attached hydrogens (tertiary/aromatic N) is 1. The molecule has 6 rings (SSSR count). The van der Waals surface area contributed by atoms with Crippen LogP contribution in [0.25, 0.3) is 41.5 Å². The fourth-order valence-corrected chi connectivity index (χ4v) is 10.1. The van der Waals surface area contributed by atoms with Crippen LogP contribution in [-0.4, -0.2) is 27.6 Å². The van der Waals surface area contributed by atoms with Gasteiger partial charge in [-0.2, -0.15) is 0 Å². The van der Waals surface area contributed by atoms with Gasteiger partial charge in [0.2, 0.25) is 0 Å². The van der Waals surface area contributed by atoms with E-state index in [-0.39, 0.29) is 0 Å². The van der Waals surface area contributed by atoms with Crippen LogP contribution < -0.4 is 10.4 Å². The van der Waals surface area contributed by atoms with Crippen molar-refractivity contribution in [3.63, 3.8) is 0 Å². The topological polar surface area (TPSA) is 12.9 Å². The van der Waals surface area contributed by atoms with Crippen molar-refractivity contribution in [2.24, 2.45) is 0 Å². The Morgan fingerprint density at radius 2 is 1.54 bits per heavy atom. The second-order valence-electron chi connectivity index (χ2n) is 7.66. The molecule has 26 heavy (non-hydrogen) atoms. The Labute approximate surface area is 159 Å². The summed E-state index contributed by atoms with van der Waals surface area (Å²) in [5, 5.41) is 7.32. The van der Waals surface area contributed by atoms with E-state index < -0.39 is 8.07 Å². The van der Waals surface area contributed by atoms with E-state index in [1.807, 2.05) is 0 Å². The van der Waals surface area contributed by atoms with Crippen LogP contribution >= 0.6 is 0 Å². The third kappa shape index (κ3) is 1.78. The van der Waals surface area contributed by atoms with E-state index in [9.17, 15) is 0 Å². The molecule has 0 spiro atoms. The van der Waals surface area contributed by atoms with Crippen LogP contribution in [0.15, 0.2) is 66.7 Å². The van der Waals surface area contributed by atoms with Gasteiger partial charge in [0, 0.05) is 0 Å². The molecule has 0 atom stereocenters. The maximum atomic E-state index is 5.20. The van der Waals surface area contributed by atoms with Gasteiger partial charge in [-0.3, -0.25) is 0 Å². The summed E-state index contributed by atoms with van der Waals surface area (Å²) in [6.45, 7) is 4.99. The minimum atomic E-state index is -1.85. The molecule has 5 aromatic rings. The molecular formula is C23H17NSeSi. The summed E-state index contributed by atoms with van der Waals surface area (Å²) in [4.78, 5) is 5.20. The quantitative estimate of drug-likeness (QED) is 0.342. The molecule has 3 heterocycles. The predicted octanol–water partition coefficient (Wildman–Crippen LogP) is 4.40. The van der Waals surface area contributed by atoms with Crippen molar-refractivity contribution in [3.05, 3.63) is 66.7 Å². The molecule has 2 aromatic heterocycles. The number of aromatic nitrogens is 1. The molecule has 3 aromatic carbocycles. The third-order valence-electron chi connectivity index (χ3n) is 5.85. The molecule has 124 valence electrons.